The van der Waals surface area contributed by atoms with Crippen LogP contribution in [0.5, 0.6) is 0 Å². The van der Waals surface area contributed by atoms with Crippen molar-refractivity contribution in [3.63, 3.8) is 0 Å². The molecule has 0 fully saturated rings. The van der Waals surface area contributed by atoms with E-state index in [4.69, 9.17) is 4.74 Å². The number of hydrogen-bond donors (Lipinski definition) is 2. The van der Waals surface area contributed by atoms with Crippen molar-refractivity contribution in [2.75, 3.05) is 14.2 Å². The predicted octanol–water partition coefficient (Wildman–Crippen LogP) is 3.32. The lowest BCUT2D eigenvalue weighted by atomic mass is 10.1. The second-order valence-corrected chi connectivity index (χ2v) is 6.50. The number of thiophene rings is 1. The molecule has 2 rings (SSSR count). The average molecular weight is 331 g/mol. The van der Waals surface area contributed by atoms with E-state index in [0.717, 1.165) is 25.5 Å². The van der Waals surface area contributed by atoms with Crippen molar-refractivity contribution < 1.29 is 4.74 Å². The van der Waals surface area contributed by atoms with Crippen LogP contribution < -0.4 is 10.6 Å². The van der Waals surface area contributed by atoms with Crippen LogP contribution in [0.2, 0.25) is 0 Å². The summed E-state index contributed by atoms with van der Waals surface area (Å²) in [5.41, 5.74) is 2.40. The molecule has 0 radical (unpaired) electrons. The summed E-state index contributed by atoms with van der Waals surface area (Å²) >= 11 is 1.85. The van der Waals surface area contributed by atoms with Gasteiger partial charge in [0.2, 0.25) is 0 Å². The number of rotatable bonds is 7. The number of methoxy groups -OCH3 is 1. The largest absolute Gasteiger partial charge is 0.380 e. The highest BCUT2D eigenvalue weighted by molar-refractivity contribution is 7.11. The number of hydrogen-bond acceptors (Lipinski definition) is 3. The van der Waals surface area contributed by atoms with Crippen molar-refractivity contribution in [3.05, 3.63) is 57.3 Å². The Morgan fingerprint density at radius 3 is 2.26 bits per heavy atom. The maximum atomic E-state index is 5.12. The van der Waals surface area contributed by atoms with Gasteiger partial charge in [0, 0.05) is 30.5 Å². The summed E-state index contributed by atoms with van der Waals surface area (Å²) in [6.45, 7) is 4.38. The van der Waals surface area contributed by atoms with Crippen LogP contribution in [-0.2, 0) is 30.9 Å². The van der Waals surface area contributed by atoms with Crippen molar-refractivity contribution in [1.29, 1.82) is 0 Å². The first kappa shape index (κ1) is 17.5. The Morgan fingerprint density at radius 1 is 1.00 bits per heavy atom. The summed E-state index contributed by atoms with van der Waals surface area (Å²) in [5.74, 6) is 0.817. The fourth-order valence-electron chi connectivity index (χ4n) is 2.20. The standard InChI is InChI=1S/C18H25N3OS/c1-4-16-9-10-17(23-16)12-21-18(19-2)20-11-14-5-7-15(8-6-14)13-22-3/h5-10H,4,11-13H2,1-3H3,(H2,19,20,21). The van der Waals surface area contributed by atoms with Crippen LogP contribution in [0.3, 0.4) is 0 Å². The molecule has 2 N–H and O–H groups in total. The first-order valence-corrected chi connectivity index (χ1v) is 8.65. The maximum Gasteiger partial charge on any atom is 0.191 e. The summed E-state index contributed by atoms with van der Waals surface area (Å²) in [7, 11) is 3.51. The van der Waals surface area contributed by atoms with Gasteiger partial charge in [-0.05, 0) is 29.7 Å². The van der Waals surface area contributed by atoms with Crippen molar-refractivity contribution in [3.8, 4) is 0 Å². The quantitative estimate of drug-likeness (QED) is 0.604. The summed E-state index contributed by atoms with van der Waals surface area (Å²) in [5, 5.41) is 6.69. The number of benzene rings is 1. The number of aryl methyl sites for hydroxylation is 1. The van der Waals surface area contributed by atoms with Gasteiger partial charge in [-0.15, -0.1) is 11.3 Å². The number of aliphatic imine (C=N–C) groups is 1. The molecule has 2 aromatic rings. The van der Waals surface area contributed by atoms with Crippen LogP contribution in [0, 0.1) is 0 Å². The van der Waals surface area contributed by atoms with Gasteiger partial charge >= 0.3 is 0 Å². The van der Waals surface area contributed by atoms with Gasteiger partial charge in [-0.25, -0.2) is 0 Å². The molecule has 0 spiro atoms. The fraction of sp³-hybridized carbons (Fsp3) is 0.389. The molecule has 124 valence electrons. The molecular weight excluding hydrogens is 306 g/mol. The lowest BCUT2D eigenvalue weighted by Crippen LogP contribution is -2.36. The number of nitrogens with zero attached hydrogens (tertiary/aromatic N) is 1. The monoisotopic (exact) mass is 331 g/mol. The summed E-state index contributed by atoms with van der Waals surface area (Å²) < 4.78 is 5.12. The Kier molecular flexibility index (Phi) is 7.10. The first-order chi connectivity index (χ1) is 11.2. The van der Waals surface area contributed by atoms with E-state index >= 15 is 0 Å². The van der Waals surface area contributed by atoms with Gasteiger partial charge < -0.3 is 15.4 Å². The first-order valence-electron chi connectivity index (χ1n) is 7.84. The minimum atomic E-state index is 0.650. The number of guanidine groups is 1. The van der Waals surface area contributed by atoms with E-state index in [1.807, 2.05) is 11.3 Å². The second-order valence-electron chi connectivity index (χ2n) is 5.25. The molecule has 0 saturated heterocycles. The molecule has 0 aliphatic rings. The average Bonchev–Trinajstić information content (AvgIpc) is 3.05. The minimum Gasteiger partial charge on any atom is -0.380 e. The van der Waals surface area contributed by atoms with E-state index in [1.54, 1.807) is 14.2 Å². The van der Waals surface area contributed by atoms with Crippen molar-refractivity contribution in [1.82, 2.24) is 10.6 Å². The molecule has 0 saturated carbocycles. The summed E-state index contributed by atoms with van der Waals surface area (Å²) in [4.78, 5) is 7.02. The lowest BCUT2D eigenvalue weighted by Gasteiger charge is -2.11. The smallest absolute Gasteiger partial charge is 0.191 e. The molecule has 0 bridgehead atoms. The molecule has 1 heterocycles. The molecule has 23 heavy (non-hydrogen) atoms. The second kappa shape index (κ2) is 9.33. The number of ether oxygens (including phenoxy) is 1. The van der Waals surface area contributed by atoms with Crippen molar-refractivity contribution in [2.24, 2.45) is 4.99 Å². The minimum absolute atomic E-state index is 0.650. The molecular formula is C18H25N3OS. The van der Waals surface area contributed by atoms with Gasteiger partial charge in [0.1, 0.15) is 0 Å². The lowest BCUT2D eigenvalue weighted by molar-refractivity contribution is 0.185. The van der Waals surface area contributed by atoms with E-state index in [9.17, 15) is 0 Å². The Balaban J connectivity index is 1.80. The van der Waals surface area contributed by atoms with Gasteiger partial charge in [-0.1, -0.05) is 31.2 Å². The third-order valence-corrected chi connectivity index (χ3v) is 4.74. The third kappa shape index (κ3) is 5.69. The highest BCUT2D eigenvalue weighted by Crippen LogP contribution is 2.16. The normalized spacial score (nSPS) is 11.5. The van der Waals surface area contributed by atoms with Crippen LogP contribution in [0.1, 0.15) is 27.8 Å². The summed E-state index contributed by atoms with van der Waals surface area (Å²) in [6, 6.07) is 12.8. The zero-order valence-electron chi connectivity index (χ0n) is 14.1. The van der Waals surface area contributed by atoms with Crippen LogP contribution in [0.25, 0.3) is 0 Å². The van der Waals surface area contributed by atoms with E-state index in [0.29, 0.717) is 6.61 Å². The predicted molar refractivity (Wildman–Crippen MR) is 97.9 cm³/mol. The molecule has 4 nitrogen and oxygen atoms in total. The Morgan fingerprint density at radius 2 is 1.65 bits per heavy atom. The van der Waals surface area contributed by atoms with Crippen LogP contribution in [-0.4, -0.2) is 20.1 Å². The Hall–Kier alpha value is -1.85. The van der Waals surface area contributed by atoms with Crippen LogP contribution in [0.4, 0.5) is 0 Å². The molecule has 0 atom stereocenters. The van der Waals surface area contributed by atoms with Gasteiger partial charge in [0.05, 0.1) is 13.2 Å². The van der Waals surface area contributed by atoms with E-state index in [2.05, 4.69) is 58.9 Å². The molecule has 1 aromatic carbocycles. The van der Waals surface area contributed by atoms with Gasteiger partial charge in [-0.2, -0.15) is 0 Å². The van der Waals surface area contributed by atoms with Gasteiger partial charge in [0.25, 0.3) is 0 Å². The fourth-order valence-corrected chi connectivity index (χ4v) is 3.10. The molecule has 0 aliphatic carbocycles. The van der Waals surface area contributed by atoms with E-state index < -0.39 is 0 Å². The topological polar surface area (TPSA) is 45.7 Å². The molecule has 5 heteroatoms. The van der Waals surface area contributed by atoms with Crippen molar-refractivity contribution >= 4 is 17.3 Å². The Labute approximate surface area is 142 Å². The van der Waals surface area contributed by atoms with Crippen LogP contribution in [0.15, 0.2) is 41.4 Å². The van der Waals surface area contributed by atoms with Gasteiger partial charge in [0.15, 0.2) is 5.96 Å². The van der Waals surface area contributed by atoms with Gasteiger partial charge in [-0.3, -0.25) is 4.99 Å². The SMILES string of the molecule is CCc1ccc(CNC(=NC)NCc2ccc(COC)cc2)s1. The summed E-state index contributed by atoms with van der Waals surface area (Å²) in [6.07, 6.45) is 1.09. The van der Waals surface area contributed by atoms with Crippen molar-refractivity contribution in [2.45, 2.75) is 33.0 Å². The Bertz CT molecular complexity index is 619. The third-order valence-electron chi connectivity index (χ3n) is 3.51. The molecule has 0 amide bonds. The highest BCUT2D eigenvalue weighted by atomic mass is 32.1. The molecule has 0 unspecified atom stereocenters. The molecule has 0 aliphatic heterocycles. The maximum absolute atomic E-state index is 5.12. The van der Waals surface area contributed by atoms with E-state index in [-0.39, 0.29) is 0 Å². The molecule has 1 aromatic heterocycles. The van der Waals surface area contributed by atoms with Crippen LogP contribution >= 0.6 is 11.3 Å². The zero-order valence-corrected chi connectivity index (χ0v) is 14.9. The highest BCUT2D eigenvalue weighted by Gasteiger charge is 2.02. The van der Waals surface area contributed by atoms with E-state index in [1.165, 1.54) is 20.9 Å². The number of nitrogens with one attached hydrogen (secondary N) is 2. The zero-order chi connectivity index (χ0) is 16.5.